The largest absolute Gasteiger partial charge is 0.484 e. The van der Waals surface area contributed by atoms with Crippen LogP contribution in [0.15, 0.2) is 54.7 Å². The maximum atomic E-state index is 13.4. The lowest BCUT2D eigenvalue weighted by Crippen LogP contribution is -2.39. The van der Waals surface area contributed by atoms with E-state index in [9.17, 15) is 18.0 Å². The first-order chi connectivity index (χ1) is 12.8. The van der Waals surface area contributed by atoms with E-state index in [1.54, 1.807) is 43.3 Å². The minimum absolute atomic E-state index is 0.0631. The summed E-state index contributed by atoms with van der Waals surface area (Å²) in [6.45, 7) is 1.35. The predicted octanol–water partition coefficient (Wildman–Crippen LogP) is 3.64. The molecule has 3 rings (SSSR count). The molecule has 0 bridgehead atoms. The highest BCUT2D eigenvalue weighted by molar-refractivity contribution is 5.78. The molecule has 0 aliphatic carbocycles. The van der Waals surface area contributed by atoms with Gasteiger partial charge in [-0.15, -0.1) is 0 Å². The summed E-state index contributed by atoms with van der Waals surface area (Å²) in [6, 6.07) is 12.5. The fraction of sp³-hybridized carbons (Fsp3) is 0.263. The van der Waals surface area contributed by atoms with Crippen molar-refractivity contribution in [3.63, 3.8) is 0 Å². The van der Waals surface area contributed by atoms with E-state index < -0.39 is 23.8 Å². The lowest BCUT2D eigenvalue weighted by molar-refractivity contribution is -0.143. The molecule has 2 aromatic heterocycles. The van der Waals surface area contributed by atoms with E-state index in [1.807, 2.05) is 6.07 Å². The van der Waals surface area contributed by atoms with Crippen LogP contribution in [-0.2, 0) is 17.5 Å². The molecule has 0 saturated carbocycles. The van der Waals surface area contributed by atoms with Crippen molar-refractivity contribution in [1.82, 2.24) is 14.9 Å². The molecule has 0 unspecified atom stereocenters. The fourth-order valence-electron chi connectivity index (χ4n) is 2.81. The molecule has 1 N–H and O–H groups in total. The van der Waals surface area contributed by atoms with Gasteiger partial charge in [0.15, 0.2) is 6.61 Å². The Bertz CT molecular complexity index is 923. The van der Waals surface area contributed by atoms with E-state index in [0.717, 1.165) is 10.6 Å². The number of rotatable bonds is 6. The topological polar surface area (TPSA) is 56.2 Å². The number of carbonyl (C=O) groups is 1. The van der Waals surface area contributed by atoms with Crippen molar-refractivity contribution < 1.29 is 22.7 Å². The van der Waals surface area contributed by atoms with E-state index in [0.29, 0.717) is 11.1 Å². The van der Waals surface area contributed by atoms with E-state index in [2.05, 4.69) is 10.3 Å². The van der Waals surface area contributed by atoms with Crippen molar-refractivity contribution in [2.45, 2.75) is 25.7 Å². The second-order valence-electron chi connectivity index (χ2n) is 6.12. The Balaban J connectivity index is 1.68. The number of fused-ring (bicyclic) bond motifs is 1. The van der Waals surface area contributed by atoms with E-state index in [1.165, 1.54) is 6.20 Å². The van der Waals surface area contributed by atoms with Crippen LogP contribution in [0.25, 0.3) is 11.0 Å². The fourth-order valence-corrected chi connectivity index (χ4v) is 2.81. The lowest BCUT2D eigenvalue weighted by atomic mass is 10.3. The van der Waals surface area contributed by atoms with Gasteiger partial charge in [0, 0.05) is 24.2 Å². The summed E-state index contributed by atoms with van der Waals surface area (Å²) >= 11 is 0. The third-order valence-electron chi connectivity index (χ3n) is 3.92. The highest BCUT2D eigenvalue weighted by Gasteiger charge is 2.36. The molecule has 1 aromatic carbocycles. The Morgan fingerprint density at radius 3 is 2.67 bits per heavy atom. The first kappa shape index (κ1) is 18.8. The molecule has 1 amide bonds. The minimum Gasteiger partial charge on any atom is -0.484 e. The van der Waals surface area contributed by atoms with Crippen molar-refractivity contribution in [3.8, 4) is 5.75 Å². The van der Waals surface area contributed by atoms with Crippen molar-refractivity contribution in [2.75, 3.05) is 6.61 Å². The first-order valence-electron chi connectivity index (χ1n) is 8.33. The summed E-state index contributed by atoms with van der Waals surface area (Å²) in [5.41, 5.74) is -0.565. The van der Waals surface area contributed by atoms with Gasteiger partial charge in [-0.1, -0.05) is 18.2 Å². The van der Waals surface area contributed by atoms with Crippen LogP contribution in [0.1, 0.15) is 12.6 Å². The van der Waals surface area contributed by atoms with Crippen LogP contribution in [0.5, 0.6) is 5.75 Å². The Hall–Kier alpha value is -3.03. The second-order valence-corrected chi connectivity index (χ2v) is 6.12. The van der Waals surface area contributed by atoms with Gasteiger partial charge in [-0.2, -0.15) is 13.2 Å². The summed E-state index contributed by atoms with van der Waals surface area (Å²) in [6.07, 6.45) is -3.07. The Morgan fingerprint density at radius 2 is 1.96 bits per heavy atom. The summed E-state index contributed by atoms with van der Waals surface area (Å²) in [7, 11) is 0. The number of hydrogen-bond acceptors (Lipinski definition) is 3. The monoisotopic (exact) mass is 377 g/mol. The van der Waals surface area contributed by atoms with Crippen LogP contribution in [0.2, 0.25) is 0 Å². The zero-order chi connectivity index (χ0) is 19.4. The second kappa shape index (κ2) is 7.69. The number of amides is 1. The summed E-state index contributed by atoms with van der Waals surface area (Å²) < 4.78 is 46.5. The van der Waals surface area contributed by atoms with Gasteiger partial charge in [0.05, 0.1) is 0 Å². The molecule has 0 spiro atoms. The van der Waals surface area contributed by atoms with Crippen LogP contribution in [0.3, 0.4) is 0 Å². The smallest absolute Gasteiger partial charge is 0.431 e. The van der Waals surface area contributed by atoms with Crippen LogP contribution < -0.4 is 10.1 Å². The lowest BCUT2D eigenvalue weighted by Gasteiger charge is -2.18. The molecule has 0 radical (unpaired) electrons. The van der Waals surface area contributed by atoms with Crippen LogP contribution in [-0.4, -0.2) is 28.1 Å². The average molecular weight is 377 g/mol. The van der Waals surface area contributed by atoms with Crippen molar-refractivity contribution >= 4 is 16.9 Å². The molecule has 0 saturated heterocycles. The third kappa shape index (κ3) is 4.58. The number of alkyl halides is 3. The van der Waals surface area contributed by atoms with Gasteiger partial charge in [-0.05, 0) is 37.3 Å². The van der Waals surface area contributed by atoms with E-state index in [4.69, 9.17) is 4.74 Å². The van der Waals surface area contributed by atoms with Crippen molar-refractivity contribution in [1.29, 1.82) is 0 Å². The quantitative estimate of drug-likeness (QED) is 0.714. The molecule has 8 heteroatoms. The zero-order valence-electron chi connectivity index (χ0n) is 14.5. The molecular weight excluding hydrogens is 359 g/mol. The Morgan fingerprint density at radius 1 is 1.22 bits per heavy atom. The predicted molar refractivity (Wildman–Crippen MR) is 94.3 cm³/mol. The summed E-state index contributed by atoms with van der Waals surface area (Å²) in [5.74, 6) is 0.129. The number of pyridine rings is 1. The SMILES string of the molecule is C[C@@H](Cn1c(C(F)(F)F)cc2cccnc21)NC(=O)COc1ccccc1. The van der Waals surface area contributed by atoms with Gasteiger partial charge in [0.25, 0.3) is 5.91 Å². The number of carbonyl (C=O) groups excluding carboxylic acids is 1. The van der Waals surface area contributed by atoms with Gasteiger partial charge >= 0.3 is 6.18 Å². The zero-order valence-corrected chi connectivity index (χ0v) is 14.5. The number of para-hydroxylation sites is 1. The maximum absolute atomic E-state index is 13.4. The molecule has 3 aromatic rings. The standard InChI is InChI=1S/C19H18F3N3O2/c1-13(24-17(26)12-27-15-7-3-2-4-8-15)11-25-16(19(20,21)22)10-14-6-5-9-23-18(14)25/h2-10,13H,11-12H2,1H3,(H,24,26)/t13-/m0/s1. The van der Waals surface area contributed by atoms with Crippen molar-refractivity contribution in [2.24, 2.45) is 0 Å². The molecule has 1 atom stereocenters. The molecule has 0 fully saturated rings. The average Bonchev–Trinajstić information content (AvgIpc) is 3.00. The number of aromatic nitrogens is 2. The molecule has 0 aliphatic heterocycles. The Kier molecular flexibility index (Phi) is 5.34. The first-order valence-corrected chi connectivity index (χ1v) is 8.33. The van der Waals surface area contributed by atoms with Gasteiger partial charge in [-0.25, -0.2) is 4.98 Å². The number of nitrogens with zero attached hydrogens (tertiary/aromatic N) is 2. The minimum atomic E-state index is -4.51. The number of ether oxygens (including phenoxy) is 1. The van der Waals surface area contributed by atoms with Gasteiger partial charge < -0.3 is 14.6 Å². The Labute approximate surface area is 153 Å². The molecule has 2 heterocycles. The number of halogens is 3. The van der Waals surface area contributed by atoms with Gasteiger partial charge in [0.1, 0.15) is 17.1 Å². The number of nitrogens with one attached hydrogen (secondary N) is 1. The van der Waals surface area contributed by atoms with Gasteiger partial charge in [-0.3, -0.25) is 4.79 Å². The normalized spacial score (nSPS) is 12.7. The molecular formula is C19H18F3N3O2. The van der Waals surface area contributed by atoms with Crippen LogP contribution >= 0.6 is 0 Å². The van der Waals surface area contributed by atoms with Gasteiger partial charge in [0.2, 0.25) is 0 Å². The highest BCUT2D eigenvalue weighted by Crippen LogP contribution is 2.33. The van der Waals surface area contributed by atoms with Crippen LogP contribution in [0.4, 0.5) is 13.2 Å². The summed E-state index contributed by atoms with van der Waals surface area (Å²) in [4.78, 5) is 16.1. The van der Waals surface area contributed by atoms with E-state index >= 15 is 0 Å². The highest BCUT2D eigenvalue weighted by atomic mass is 19.4. The van der Waals surface area contributed by atoms with Crippen molar-refractivity contribution in [3.05, 3.63) is 60.4 Å². The number of benzene rings is 1. The summed E-state index contributed by atoms with van der Waals surface area (Å²) in [5, 5.41) is 3.05. The maximum Gasteiger partial charge on any atom is 0.431 e. The molecule has 5 nitrogen and oxygen atoms in total. The van der Waals surface area contributed by atoms with Crippen LogP contribution in [0, 0.1) is 0 Å². The molecule has 27 heavy (non-hydrogen) atoms. The van der Waals surface area contributed by atoms with E-state index in [-0.39, 0.29) is 18.8 Å². The molecule has 0 aliphatic rings. The number of hydrogen-bond donors (Lipinski definition) is 1. The molecule has 142 valence electrons. The third-order valence-corrected chi connectivity index (χ3v) is 3.92.